The Bertz CT molecular complexity index is 757. The van der Waals surface area contributed by atoms with Crippen LogP contribution in [0.5, 0.6) is 0 Å². The van der Waals surface area contributed by atoms with Gasteiger partial charge in [-0.2, -0.15) is 0 Å². The van der Waals surface area contributed by atoms with Gasteiger partial charge in [0.2, 0.25) is 0 Å². The summed E-state index contributed by atoms with van der Waals surface area (Å²) >= 11 is 11.9. The highest BCUT2D eigenvalue weighted by atomic mass is 35.5. The van der Waals surface area contributed by atoms with Crippen molar-refractivity contribution in [2.24, 2.45) is 0 Å². The molecule has 0 aliphatic heterocycles. The molecule has 0 aliphatic carbocycles. The first-order valence-corrected chi connectivity index (χ1v) is 7.36. The topological polar surface area (TPSA) is 37.8 Å². The minimum Gasteiger partial charge on any atom is -0.369 e. The molecule has 1 heterocycles. The zero-order valence-corrected chi connectivity index (χ0v) is 12.7. The molecule has 2 aromatic carbocycles. The van der Waals surface area contributed by atoms with Gasteiger partial charge in [0, 0.05) is 22.0 Å². The van der Waals surface area contributed by atoms with E-state index in [0.29, 0.717) is 5.02 Å². The quantitative estimate of drug-likeness (QED) is 0.764. The molecule has 3 nitrogen and oxygen atoms in total. The van der Waals surface area contributed by atoms with Crippen molar-refractivity contribution in [3.05, 3.63) is 64.4 Å². The summed E-state index contributed by atoms with van der Waals surface area (Å²) in [5.41, 5.74) is 2.07. The lowest BCUT2D eigenvalue weighted by Gasteiger charge is -2.08. The van der Waals surface area contributed by atoms with Gasteiger partial charge in [-0.15, -0.1) is 0 Å². The molecular formula is C16H13Cl2N3. The molecule has 0 saturated heterocycles. The zero-order valence-electron chi connectivity index (χ0n) is 11.2. The molecule has 0 fully saturated rings. The van der Waals surface area contributed by atoms with E-state index in [4.69, 9.17) is 23.2 Å². The molecule has 21 heavy (non-hydrogen) atoms. The Morgan fingerprint density at radius 2 is 1.67 bits per heavy atom. The maximum Gasteiger partial charge on any atom is 0.137 e. The lowest BCUT2D eigenvalue weighted by Crippen LogP contribution is -2.07. The van der Waals surface area contributed by atoms with Gasteiger partial charge in [-0.1, -0.05) is 35.3 Å². The standard InChI is InChI=1S/C16H13Cl2N3/c17-12-3-1-11(2-4-12)7-8-19-16-14-6-5-13(18)9-15(14)20-10-21-16/h1-6,9-10H,7-8H2,(H,19,20,21). The maximum absolute atomic E-state index is 5.98. The van der Waals surface area contributed by atoms with Gasteiger partial charge in [0.05, 0.1) is 5.52 Å². The summed E-state index contributed by atoms with van der Waals surface area (Å²) in [5, 5.41) is 5.74. The number of hydrogen-bond donors (Lipinski definition) is 1. The molecule has 0 radical (unpaired) electrons. The van der Waals surface area contributed by atoms with Crippen LogP contribution in [0.4, 0.5) is 5.82 Å². The highest BCUT2D eigenvalue weighted by Gasteiger charge is 2.03. The molecule has 0 spiro atoms. The SMILES string of the molecule is Clc1ccc(CCNc2ncnc3cc(Cl)ccc23)cc1. The van der Waals surface area contributed by atoms with Gasteiger partial charge in [0.1, 0.15) is 12.1 Å². The Labute approximate surface area is 132 Å². The normalized spacial score (nSPS) is 10.8. The van der Waals surface area contributed by atoms with Gasteiger partial charge in [0.25, 0.3) is 0 Å². The molecule has 1 aromatic heterocycles. The Kier molecular flexibility index (Phi) is 4.23. The molecular weight excluding hydrogens is 305 g/mol. The van der Waals surface area contributed by atoms with E-state index >= 15 is 0 Å². The number of hydrogen-bond acceptors (Lipinski definition) is 3. The van der Waals surface area contributed by atoms with Crippen LogP contribution in [0.15, 0.2) is 48.8 Å². The van der Waals surface area contributed by atoms with Crippen LogP contribution < -0.4 is 5.32 Å². The summed E-state index contributed by atoms with van der Waals surface area (Å²) in [7, 11) is 0. The molecule has 3 aromatic rings. The summed E-state index contributed by atoms with van der Waals surface area (Å²) in [5.74, 6) is 0.825. The Morgan fingerprint density at radius 3 is 2.48 bits per heavy atom. The van der Waals surface area contributed by atoms with Crippen LogP contribution in [0, 0.1) is 0 Å². The van der Waals surface area contributed by atoms with Gasteiger partial charge >= 0.3 is 0 Å². The van der Waals surface area contributed by atoms with Crippen molar-refractivity contribution < 1.29 is 0 Å². The van der Waals surface area contributed by atoms with E-state index in [1.807, 2.05) is 42.5 Å². The molecule has 0 aliphatic rings. The van der Waals surface area contributed by atoms with Crippen LogP contribution in [-0.4, -0.2) is 16.5 Å². The number of anilines is 1. The predicted molar refractivity (Wildman–Crippen MR) is 88.2 cm³/mol. The van der Waals surface area contributed by atoms with Crippen molar-refractivity contribution in [3.63, 3.8) is 0 Å². The van der Waals surface area contributed by atoms with Crippen LogP contribution in [0.2, 0.25) is 10.0 Å². The summed E-state index contributed by atoms with van der Waals surface area (Å²) in [4.78, 5) is 8.52. The molecule has 106 valence electrons. The van der Waals surface area contributed by atoms with Crippen molar-refractivity contribution in [2.45, 2.75) is 6.42 Å². The van der Waals surface area contributed by atoms with Crippen LogP contribution in [-0.2, 0) is 6.42 Å². The smallest absolute Gasteiger partial charge is 0.137 e. The molecule has 0 unspecified atom stereocenters. The van der Waals surface area contributed by atoms with Crippen molar-refractivity contribution in [2.75, 3.05) is 11.9 Å². The number of rotatable bonds is 4. The number of nitrogens with one attached hydrogen (secondary N) is 1. The summed E-state index contributed by atoms with van der Waals surface area (Å²) in [6.45, 7) is 0.788. The van der Waals surface area contributed by atoms with E-state index in [9.17, 15) is 0 Å². The van der Waals surface area contributed by atoms with E-state index in [1.54, 1.807) is 6.33 Å². The second-order valence-corrected chi connectivity index (χ2v) is 5.56. The first kappa shape index (κ1) is 14.1. The Morgan fingerprint density at radius 1 is 0.905 bits per heavy atom. The van der Waals surface area contributed by atoms with Crippen molar-refractivity contribution in [1.82, 2.24) is 9.97 Å². The minimum atomic E-state index is 0.674. The van der Waals surface area contributed by atoms with Gasteiger partial charge in [0.15, 0.2) is 0 Å². The van der Waals surface area contributed by atoms with Crippen molar-refractivity contribution >= 4 is 39.9 Å². The third kappa shape index (κ3) is 3.43. The van der Waals surface area contributed by atoms with E-state index in [2.05, 4.69) is 15.3 Å². The van der Waals surface area contributed by atoms with Crippen molar-refractivity contribution in [1.29, 1.82) is 0 Å². The molecule has 0 amide bonds. The summed E-state index contributed by atoms with van der Waals surface area (Å²) < 4.78 is 0. The fraction of sp³-hybridized carbons (Fsp3) is 0.125. The van der Waals surface area contributed by atoms with E-state index in [0.717, 1.165) is 34.7 Å². The first-order chi connectivity index (χ1) is 10.2. The number of halogens is 2. The van der Waals surface area contributed by atoms with E-state index in [-0.39, 0.29) is 0 Å². The lowest BCUT2D eigenvalue weighted by molar-refractivity contribution is 1.01. The zero-order chi connectivity index (χ0) is 14.7. The summed E-state index contributed by atoms with van der Waals surface area (Å²) in [6.07, 6.45) is 2.44. The van der Waals surface area contributed by atoms with E-state index < -0.39 is 0 Å². The average molecular weight is 318 g/mol. The van der Waals surface area contributed by atoms with Crippen LogP contribution in [0.3, 0.4) is 0 Å². The number of nitrogens with zero attached hydrogens (tertiary/aromatic N) is 2. The van der Waals surface area contributed by atoms with Crippen molar-refractivity contribution in [3.8, 4) is 0 Å². The third-order valence-electron chi connectivity index (χ3n) is 3.22. The summed E-state index contributed by atoms with van der Waals surface area (Å²) in [6, 6.07) is 13.5. The van der Waals surface area contributed by atoms with Gasteiger partial charge in [-0.25, -0.2) is 9.97 Å². The Hall–Kier alpha value is -1.84. The van der Waals surface area contributed by atoms with Gasteiger partial charge in [-0.05, 0) is 42.3 Å². The fourth-order valence-electron chi connectivity index (χ4n) is 2.15. The third-order valence-corrected chi connectivity index (χ3v) is 3.71. The second kappa shape index (κ2) is 6.29. The van der Waals surface area contributed by atoms with E-state index in [1.165, 1.54) is 5.56 Å². The molecule has 3 rings (SSSR count). The lowest BCUT2D eigenvalue weighted by atomic mass is 10.1. The van der Waals surface area contributed by atoms with Gasteiger partial charge < -0.3 is 5.32 Å². The highest BCUT2D eigenvalue weighted by Crippen LogP contribution is 2.22. The van der Waals surface area contributed by atoms with Crippen LogP contribution in [0.25, 0.3) is 10.9 Å². The molecule has 5 heteroatoms. The first-order valence-electron chi connectivity index (χ1n) is 6.61. The predicted octanol–water partition coefficient (Wildman–Crippen LogP) is 4.59. The molecule has 0 saturated carbocycles. The number of fused-ring (bicyclic) bond motifs is 1. The number of benzene rings is 2. The molecule has 0 bridgehead atoms. The van der Waals surface area contributed by atoms with Crippen LogP contribution in [0.1, 0.15) is 5.56 Å². The molecule has 0 atom stereocenters. The Balaban J connectivity index is 1.72. The second-order valence-electron chi connectivity index (χ2n) is 4.69. The largest absolute Gasteiger partial charge is 0.369 e. The van der Waals surface area contributed by atoms with Gasteiger partial charge in [-0.3, -0.25) is 0 Å². The fourth-order valence-corrected chi connectivity index (χ4v) is 2.44. The maximum atomic E-state index is 5.98. The minimum absolute atomic E-state index is 0.674. The molecule has 1 N–H and O–H groups in total. The number of aromatic nitrogens is 2. The monoisotopic (exact) mass is 317 g/mol. The van der Waals surface area contributed by atoms with Crippen LogP contribution >= 0.6 is 23.2 Å². The average Bonchev–Trinajstić information content (AvgIpc) is 2.49. The highest BCUT2D eigenvalue weighted by molar-refractivity contribution is 6.31.